The van der Waals surface area contributed by atoms with Crippen molar-refractivity contribution in [3.8, 4) is 0 Å². The summed E-state index contributed by atoms with van der Waals surface area (Å²) >= 11 is 0. The van der Waals surface area contributed by atoms with Crippen molar-refractivity contribution >= 4 is 0 Å². The molecule has 0 bridgehead atoms. The molecule has 0 spiro atoms. The van der Waals surface area contributed by atoms with E-state index in [0.717, 1.165) is 19.6 Å². The van der Waals surface area contributed by atoms with Crippen molar-refractivity contribution in [2.24, 2.45) is 0 Å². The van der Waals surface area contributed by atoms with Gasteiger partial charge in [0.15, 0.2) is 0 Å². The van der Waals surface area contributed by atoms with E-state index in [1.807, 2.05) is 12.5 Å². The van der Waals surface area contributed by atoms with Crippen LogP contribution < -0.4 is 5.32 Å². The molecule has 0 amide bonds. The molecule has 0 aliphatic carbocycles. The van der Waals surface area contributed by atoms with E-state index in [-0.39, 0.29) is 0 Å². The molecule has 1 aromatic heterocycles. The molecule has 0 saturated carbocycles. The van der Waals surface area contributed by atoms with Crippen molar-refractivity contribution in [1.82, 2.24) is 14.9 Å². The van der Waals surface area contributed by atoms with Gasteiger partial charge < -0.3 is 14.6 Å². The number of hydrogen-bond acceptors (Lipinski definition) is 3. The van der Waals surface area contributed by atoms with E-state index in [2.05, 4.69) is 21.8 Å². The number of hydrogen-bond donors (Lipinski definition) is 1. The Morgan fingerprint density at radius 1 is 1.69 bits per heavy atom. The standard InChI is InChI=1S/C12H21N3O/c1-10(5-7-16-2)15-9-13-8-12(15)11-4-3-6-14-11/h8-11,14H,3-7H2,1-2H3/t10?,11-/m0/s1. The third kappa shape index (κ3) is 2.44. The van der Waals surface area contributed by atoms with Crippen molar-refractivity contribution in [3.05, 3.63) is 18.2 Å². The van der Waals surface area contributed by atoms with Gasteiger partial charge in [-0.1, -0.05) is 0 Å². The Balaban J connectivity index is 2.05. The molecule has 2 rings (SSSR count). The fourth-order valence-corrected chi connectivity index (χ4v) is 2.32. The first kappa shape index (κ1) is 11.6. The summed E-state index contributed by atoms with van der Waals surface area (Å²) in [6.07, 6.45) is 7.46. The highest BCUT2D eigenvalue weighted by atomic mass is 16.5. The second-order valence-corrected chi connectivity index (χ2v) is 4.51. The van der Waals surface area contributed by atoms with E-state index in [4.69, 9.17) is 4.74 Å². The largest absolute Gasteiger partial charge is 0.385 e. The summed E-state index contributed by atoms with van der Waals surface area (Å²) in [5.41, 5.74) is 1.32. The normalized spacial score (nSPS) is 22.5. The van der Waals surface area contributed by atoms with Crippen molar-refractivity contribution in [1.29, 1.82) is 0 Å². The molecule has 1 unspecified atom stereocenters. The maximum Gasteiger partial charge on any atom is 0.0951 e. The molecule has 1 N–H and O–H groups in total. The Hall–Kier alpha value is -0.870. The van der Waals surface area contributed by atoms with Gasteiger partial charge in [-0.25, -0.2) is 4.98 Å². The SMILES string of the molecule is COCCC(C)n1cncc1[C@@H]1CCCN1. The summed E-state index contributed by atoms with van der Waals surface area (Å²) in [5, 5.41) is 3.52. The number of ether oxygens (including phenoxy) is 1. The molecule has 90 valence electrons. The highest BCUT2D eigenvalue weighted by Gasteiger charge is 2.21. The van der Waals surface area contributed by atoms with Crippen molar-refractivity contribution in [2.45, 2.75) is 38.3 Å². The van der Waals surface area contributed by atoms with Crippen LogP contribution in [0.3, 0.4) is 0 Å². The summed E-state index contributed by atoms with van der Waals surface area (Å²) < 4.78 is 7.41. The van der Waals surface area contributed by atoms with Gasteiger partial charge in [-0.15, -0.1) is 0 Å². The van der Waals surface area contributed by atoms with Gasteiger partial charge in [0.05, 0.1) is 12.0 Å². The highest BCUT2D eigenvalue weighted by Crippen LogP contribution is 2.25. The van der Waals surface area contributed by atoms with Crippen LogP contribution in [0.25, 0.3) is 0 Å². The van der Waals surface area contributed by atoms with Gasteiger partial charge in [-0.05, 0) is 32.7 Å². The van der Waals surface area contributed by atoms with Crippen LogP contribution in [-0.4, -0.2) is 29.8 Å². The zero-order chi connectivity index (χ0) is 11.4. The lowest BCUT2D eigenvalue weighted by atomic mass is 10.1. The van der Waals surface area contributed by atoms with Gasteiger partial charge in [0.2, 0.25) is 0 Å². The monoisotopic (exact) mass is 223 g/mol. The lowest BCUT2D eigenvalue weighted by molar-refractivity contribution is 0.180. The number of rotatable bonds is 5. The first-order valence-electron chi connectivity index (χ1n) is 6.07. The van der Waals surface area contributed by atoms with E-state index in [1.165, 1.54) is 18.5 Å². The Bertz CT molecular complexity index is 318. The van der Waals surface area contributed by atoms with E-state index >= 15 is 0 Å². The predicted octanol–water partition coefficient (Wildman–Crippen LogP) is 1.91. The lowest BCUT2D eigenvalue weighted by Crippen LogP contribution is -2.19. The molecule has 1 aliphatic rings. The molecule has 1 aromatic rings. The molecular formula is C12H21N3O. The molecule has 2 heterocycles. The Morgan fingerprint density at radius 3 is 3.25 bits per heavy atom. The summed E-state index contributed by atoms with van der Waals surface area (Å²) in [7, 11) is 1.75. The highest BCUT2D eigenvalue weighted by molar-refractivity contribution is 5.08. The van der Waals surface area contributed by atoms with Crippen LogP contribution in [0.15, 0.2) is 12.5 Å². The minimum Gasteiger partial charge on any atom is -0.385 e. The average Bonchev–Trinajstić information content (AvgIpc) is 2.94. The summed E-state index contributed by atoms with van der Waals surface area (Å²) in [6, 6.07) is 0.951. The first-order valence-corrected chi connectivity index (χ1v) is 6.07. The van der Waals surface area contributed by atoms with E-state index in [9.17, 15) is 0 Å². The van der Waals surface area contributed by atoms with Crippen LogP contribution >= 0.6 is 0 Å². The van der Waals surface area contributed by atoms with Gasteiger partial charge in [-0.3, -0.25) is 0 Å². The summed E-state index contributed by atoms with van der Waals surface area (Å²) in [5.74, 6) is 0. The summed E-state index contributed by atoms with van der Waals surface area (Å²) in [4.78, 5) is 4.28. The van der Waals surface area contributed by atoms with Crippen LogP contribution in [-0.2, 0) is 4.74 Å². The van der Waals surface area contributed by atoms with E-state index in [1.54, 1.807) is 7.11 Å². The molecule has 0 aromatic carbocycles. The second-order valence-electron chi connectivity index (χ2n) is 4.51. The minimum absolute atomic E-state index is 0.458. The van der Waals surface area contributed by atoms with Gasteiger partial charge in [-0.2, -0.15) is 0 Å². The Morgan fingerprint density at radius 2 is 2.56 bits per heavy atom. The van der Waals surface area contributed by atoms with Crippen LogP contribution in [0, 0.1) is 0 Å². The molecule has 0 radical (unpaired) electrons. The zero-order valence-corrected chi connectivity index (χ0v) is 10.1. The molecule has 1 fully saturated rings. The Labute approximate surface area is 97.0 Å². The smallest absolute Gasteiger partial charge is 0.0951 e. The first-order chi connectivity index (χ1) is 7.83. The third-order valence-electron chi connectivity index (χ3n) is 3.33. The lowest BCUT2D eigenvalue weighted by Gasteiger charge is -2.19. The number of nitrogens with one attached hydrogen (secondary N) is 1. The van der Waals surface area contributed by atoms with Crippen LogP contribution in [0.4, 0.5) is 0 Å². The maximum atomic E-state index is 5.13. The maximum absolute atomic E-state index is 5.13. The number of methoxy groups -OCH3 is 1. The molecule has 16 heavy (non-hydrogen) atoms. The molecule has 4 nitrogen and oxygen atoms in total. The quantitative estimate of drug-likeness (QED) is 0.828. The summed E-state index contributed by atoms with van der Waals surface area (Å²) in [6.45, 7) is 4.15. The number of aromatic nitrogens is 2. The number of imidazole rings is 1. The second kappa shape index (κ2) is 5.46. The third-order valence-corrected chi connectivity index (χ3v) is 3.33. The molecular weight excluding hydrogens is 202 g/mol. The topological polar surface area (TPSA) is 39.1 Å². The molecule has 1 aliphatic heterocycles. The Kier molecular flexibility index (Phi) is 3.96. The van der Waals surface area contributed by atoms with Crippen LogP contribution in [0.5, 0.6) is 0 Å². The van der Waals surface area contributed by atoms with Gasteiger partial charge >= 0.3 is 0 Å². The van der Waals surface area contributed by atoms with E-state index < -0.39 is 0 Å². The molecule has 1 saturated heterocycles. The average molecular weight is 223 g/mol. The molecule has 2 atom stereocenters. The van der Waals surface area contributed by atoms with Crippen molar-refractivity contribution < 1.29 is 4.74 Å². The van der Waals surface area contributed by atoms with E-state index in [0.29, 0.717) is 12.1 Å². The fraction of sp³-hybridized carbons (Fsp3) is 0.750. The zero-order valence-electron chi connectivity index (χ0n) is 10.1. The predicted molar refractivity (Wildman–Crippen MR) is 63.4 cm³/mol. The van der Waals surface area contributed by atoms with Crippen LogP contribution in [0.2, 0.25) is 0 Å². The minimum atomic E-state index is 0.458. The van der Waals surface area contributed by atoms with Crippen LogP contribution in [0.1, 0.15) is 44.0 Å². The van der Waals surface area contributed by atoms with Gasteiger partial charge in [0.25, 0.3) is 0 Å². The fourth-order valence-electron chi connectivity index (χ4n) is 2.32. The van der Waals surface area contributed by atoms with Crippen molar-refractivity contribution in [3.63, 3.8) is 0 Å². The van der Waals surface area contributed by atoms with Gasteiger partial charge in [0.1, 0.15) is 0 Å². The number of nitrogens with zero attached hydrogens (tertiary/aromatic N) is 2. The van der Waals surface area contributed by atoms with Gasteiger partial charge in [0, 0.05) is 32.0 Å². The molecule has 4 heteroatoms. The van der Waals surface area contributed by atoms with Crippen molar-refractivity contribution in [2.75, 3.05) is 20.3 Å².